The Morgan fingerprint density at radius 2 is 2.07 bits per heavy atom. The fourth-order valence-corrected chi connectivity index (χ4v) is 3.78. The number of nitrogens with one attached hydrogen (secondary N) is 1. The summed E-state index contributed by atoms with van der Waals surface area (Å²) < 4.78 is 6.99. The van der Waals surface area contributed by atoms with Crippen LogP contribution in [-0.4, -0.2) is 43.6 Å². The highest BCUT2D eigenvalue weighted by molar-refractivity contribution is 7.13. The average molecular weight is 423 g/mol. The molecule has 0 radical (unpaired) electrons. The highest BCUT2D eigenvalue weighted by Crippen LogP contribution is 2.29. The summed E-state index contributed by atoms with van der Waals surface area (Å²) in [6, 6.07) is 7.60. The summed E-state index contributed by atoms with van der Waals surface area (Å²) in [5.74, 6) is 1.22. The summed E-state index contributed by atoms with van der Waals surface area (Å²) in [6.45, 7) is 3.83. The van der Waals surface area contributed by atoms with Crippen molar-refractivity contribution in [2.24, 2.45) is 0 Å². The molecule has 0 unspecified atom stereocenters. The van der Waals surface area contributed by atoms with Crippen LogP contribution >= 0.6 is 11.3 Å². The summed E-state index contributed by atoms with van der Waals surface area (Å²) in [5.41, 5.74) is 4.98. The van der Waals surface area contributed by atoms with E-state index in [-0.39, 0.29) is 6.61 Å². The second-order valence-corrected chi connectivity index (χ2v) is 7.57. The first kappa shape index (κ1) is 20.0. The molecule has 0 fully saturated rings. The van der Waals surface area contributed by atoms with Crippen molar-refractivity contribution < 1.29 is 9.84 Å². The lowest BCUT2D eigenvalue weighted by molar-refractivity contribution is 0.299. The van der Waals surface area contributed by atoms with E-state index in [2.05, 4.69) is 20.3 Å². The van der Waals surface area contributed by atoms with E-state index >= 15 is 0 Å². The van der Waals surface area contributed by atoms with Crippen LogP contribution in [-0.2, 0) is 6.42 Å². The van der Waals surface area contributed by atoms with E-state index in [1.54, 1.807) is 35.4 Å². The zero-order valence-corrected chi connectivity index (χ0v) is 17.8. The normalized spacial score (nSPS) is 10.9. The van der Waals surface area contributed by atoms with Crippen LogP contribution in [0.3, 0.4) is 0 Å². The van der Waals surface area contributed by atoms with E-state index in [4.69, 9.17) is 9.84 Å². The lowest BCUT2D eigenvalue weighted by atomic mass is 10.1. The summed E-state index contributed by atoms with van der Waals surface area (Å²) in [6.07, 6.45) is 4.09. The zero-order chi connectivity index (χ0) is 21.1. The monoisotopic (exact) mass is 422 g/mol. The molecule has 0 saturated heterocycles. The van der Waals surface area contributed by atoms with Gasteiger partial charge in [-0.2, -0.15) is 5.10 Å². The Bertz CT molecular complexity index is 1160. The van der Waals surface area contributed by atoms with Crippen LogP contribution in [0.1, 0.15) is 17.0 Å². The van der Waals surface area contributed by atoms with Gasteiger partial charge in [-0.15, -0.1) is 11.3 Å². The molecule has 4 aromatic heterocycles. The second kappa shape index (κ2) is 8.60. The highest BCUT2D eigenvalue weighted by atomic mass is 32.1. The molecule has 30 heavy (non-hydrogen) atoms. The van der Waals surface area contributed by atoms with Crippen LogP contribution in [0, 0.1) is 13.8 Å². The van der Waals surface area contributed by atoms with Crippen molar-refractivity contribution >= 4 is 22.8 Å². The Kier molecular flexibility index (Phi) is 5.73. The number of hydrogen-bond acceptors (Lipinski definition) is 8. The molecule has 8 nitrogen and oxygen atoms in total. The molecule has 0 aliphatic carbocycles. The van der Waals surface area contributed by atoms with Gasteiger partial charge in [0.15, 0.2) is 0 Å². The summed E-state index contributed by atoms with van der Waals surface area (Å²) in [4.78, 5) is 13.4. The van der Waals surface area contributed by atoms with Crippen LogP contribution in [0.4, 0.5) is 11.5 Å². The minimum atomic E-state index is -0.00707. The molecule has 0 amide bonds. The van der Waals surface area contributed by atoms with Crippen molar-refractivity contribution in [3.63, 3.8) is 0 Å². The molecule has 2 N–H and O–H groups in total. The molecule has 0 aliphatic rings. The minimum absolute atomic E-state index is 0.00707. The van der Waals surface area contributed by atoms with Crippen molar-refractivity contribution in [1.82, 2.24) is 24.7 Å². The van der Waals surface area contributed by atoms with Crippen LogP contribution in [0.15, 0.2) is 42.0 Å². The summed E-state index contributed by atoms with van der Waals surface area (Å²) in [5, 5.41) is 20.6. The molecule has 0 saturated carbocycles. The Morgan fingerprint density at radius 1 is 1.20 bits per heavy atom. The van der Waals surface area contributed by atoms with Crippen molar-refractivity contribution in [2.75, 3.05) is 19.0 Å². The number of methoxy groups -OCH3 is 1. The molecule has 4 rings (SSSR count). The molecular weight excluding hydrogens is 400 g/mol. The number of anilines is 2. The number of ether oxygens (including phenoxy) is 1. The smallest absolute Gasteiger partial charge is 0.213 e. The number of pyridine rings is 2. The van der Waals surface area contributed by atoms with E-state index in [1.807, 2.05) is 43.6 Å². The lowest BCUT2D eigenvalue weighted by Crippen LogP contribution is -2.10. The van der Waals surface area contributed by atoms with Crippen molar-refractivity contribution in [1.29, 1.82) is 0 Å². The van der Waals surface area contributed by atoms with E-state index in [0.29, 0.717) is 18.1 Å². The SMILES string of the molecule is COc1ccc(Nc2nc(C)cc(-n3ccc(-c4nccs4)n3)c2CCO)c(C)n1. The van der Waals surface area contributed by atoms with Gasteiger partial charge in [-0.1, -0.05) is 0 Å². The molecule has 0 bridgehead atoms. The third kappa shape index (κ3) is 4.03. The fraction of sp³-hybridized carbons (Fsp3) is 0.238. The Balaban J connectivity index is 1.76. The fourth-order valence-electron chi connectivity index (χ4n) is 3.18. The average Bonchev–Trinajstić information content (AvgIpc) is 3.43. The number of hydrogen-bond donors (Lipinski definition) is 2. The first-order valence-electron chi connectivity index (χ1n) is 9.45. The molecule has 4 heterocycles. The highest BCUT2D eigenvalue weighted by Gasteiger charge is 2.16. The van der Waals surface area contributed by atoms with Crippen LogP contribution in [0.5, 0.6) is 5.88 Å². The lowest BCUT2D eigenvalue weighted by Gasteiger charge is -2.17. The zero-order valence-electron chi connectivity index (χ0n) is 17.0. The molecule has 4 aromatic rings. The largest absolute Gasteiger partial charge is 0.481 e. The number of aliphatic hydroxyl groups is 1. The maximum absolute atomic E-state index is 9.71. The molecule has 9 heteroatoms. The standard InChI is InChI=1S/C21H22N6O2S/c1-13-12-18(27-9-6-17(26-27)21-22-8-11-30-21)15(7-10-28)20(23-13)25-16-4-5-19(29-3)24-14(16)2/h4-6,8-9,11-12,28H,7,10H2,1-3H3,(H,23,25). The van der Waals surface area contributed by atoms with E-state index in [0.717, 1.165) is 39.0 Å². The van der Waals surface area contributed by atoms with Gasteiger partial charge in [-0.25, -0.2) is 19.6 Å². The molecule has 0 atom stereocenters. The first-order valence-corrected chi connectivity index (χ1v) is 10.3. The Morgan fingerprint density at radius 3 is 2.77 bits per heavy atom. The second-order valence-electron chi connectivity index (χ2n) is 6.68. The molecule has 0 aliphatic heterocycles. The van der Waals surface area contributed by atoms with Gasteiger partial charge in [0.2, 0.25) is 5.88 Å². The minimum Gasteiger partial charge on any atom is -0.481 e. The van der Waals surface area contributed by atoms with Gasteiger partial charge in [0.1, 0.15) is 16.5 Å². The van der Waals surface area contributed by atoms with Gasteiger partial charge >= 0.3 is 0 Å². The van der Waals surface area contributed by atoms with Crippen molar-refractivity contribution in [3.8, 4) is 22.3 Å². The van der Waals surface area contributed by atoms with Crippen molar-refractivity contribution in [2.45, 2.75) is 20.3 Å². The number of aliphatic hydroxyl groups excluding tert-OH is 1. The van der Waals surface area contributed by atoms with Crippen LogP contribution < -0.4 is 10.1 Å². The molecule has 0 aromatic carbocycles. The van der Waals surface area contributed by atoms with E-state index in [1.165, 1.54) is 0 Å². The predicted octanol–water partition coefficient (Wildman–Crippen LogP) is 3.69. The number of nitrogens with zero attached hydrogens (tertiary/aromatic N) is 5. The molecule has 0 spiro atoms. The summed E-state index contributed by atoms with van der Waals surface area (Å²) >= 11 is 1.54. The predicted molar refractivity (Wildman–Crippen MR) is 117 cm³/mol. The summed E-state index contributed by atoms with van der Waals surface area (Å²) in [7, 11) is 1.59. The number of thiazole rings is 1. The van der Waals surface area contributed by atoms with Gasteiger partial charge in [-0.05, 0) is 32.0 Å². The van der Waals surface area contributed by atoms with Gasteiger partial charge in [0, 0.05) is 48.1 Å². The van der Waals surface area contributed by atoms with Gasteiger partial charge in [0.05, 0.1) is 24.2 Å². The van der Waals surface area contributed by atoms with Gasteiger partial charge < -0.3 is 15.2 Å². The van der Waals surface area contributed by atoms with Gasteiger partial charge in [-0.3, -0.25) is 0 Å². The quantitative estimate of drug-likeness (QED) is 0.469. The Labute approximate surface area is 178 Å². The maximum atomic E-state index is 9.71. The number of aryl methyl sites for hydroxylation is 2. The number of aromatic nitrogens is 5. The molecule has 154 valence electrons. The first-order chi connectivity index (χ1) is 14.6. The van der Waals surface area contributed by atoms with Crippen LogP contribution in [0.2, 0.25) is 0 Å². The number of rotatable bonds is 7. The topological polar surface area (TPSA) is 98.0 Å². The van der Waals surface area contributed by atoms with Crippen molar-refractivity contribution in [3.05, 3.63) is 59.0 Å². The molecular formula is C21H22N6O2S. The van der Waals surface area contributed by atoms with E-state index in [9.17, 15) is 5.11 Å². The Hall–Kier alpha value is -3.30. The third-order valence-corrected chi connectivity index (χ3v) is 5.40. The van der Waals surface area contributed by atoms with Gasteiger partial charge in [0.25, 0.3) is 0 Å². The van der Waals surface area contributed by atoms with E-state index < -0.39 is 0 Å². The maximum Gasteiger partial charge on any atom is 0.213 e. The van der Waals surface area contributed by atoms with Crippen LogP contribution in [0.25, 0.3) is 16.4 Å². The third-order valence-electron chi connectivity index (χ3n) is 4.60.